The Labute approximate surface area is 165 Å². The fourth-order valence-corrected chi connectivity index (χ4v) is 5.36. The van der Waals surface area contributed by atoms with E-state index in [-0.39, 0.29) is 0 Å². The predicted octanol–water partition coefficient (Wildman–Crippen LogP) is 4.43. The van der Waals surface area contributed by atoms with E-state index in [0.29, 0.717) is 0 Å². The van der Waals surface area contributed by atoms with Crippen molar-refractivity contribution in [2.75, 3.05) is 31.5 Å². The van der Waals surface area contributed by atoms with E-state index in [1.807, 2.05) is 0 Å². The van der Waals surface area contributed by atoms with Crippen LogP contribution in [0.5, 0.6) is 0 Å². The summed E-state index contributed by atoms with van der Waals surface area (Å²) >= 11 is 1.75. The molecule has 144 valence electrons. The molecule has 1 aliphatic carbocycles. The molecule has 27 heavy (non-hydrogen) atoms. The van der Waals surface area contributed by atoms with Crippen LogP contribution in [0.2, 0.25) is 0 Å². The third-order valence-corrected chi connectivity index (χ3v) is 6.74. The zero-order valence-electron chi connectivity index (χ0n) is 16.6. The first-order valence-corrected chi connectivity index (χ1v) is 11.1. The summed E-state index contributed by atoms with van der Waals surface area (Å²) in [7, 11) is 0. The molecule has 0 unspecified atom stereocenters. The molecule has 1 aliphatic rings. The number of hydrogen-bond donors (Lipinski definition) is 1. The van der Waals surface area contributed by atoms with Crippen molar-refractivity contribution < 1.29 is 0 Å². The summed E-state index contributed by atoms with van der Waals surface area (Å²) in [5.41, 5.74) is 5.40. The van der Waals surface area contributed by atoms with Crippen LogP contribution in [0.4, 0.5) is 5.82 Å². The molecule has 3 aromatic rings. The van der Waals surface area contributed by atoms with Gasteiger partial charge < -0.3 is 10.2 Å². The smallest absolute Gasteiger partial charge is 0.147 e. The van der Waals surface area contributed by atoms with Gasteiger partial charge in [-0.05, 0) is 49.9 Å². The van der Waals surface area contributed by atoms with Gasteiger partial charge in [-0.1, -0.05) is 27.2 Å². The Morgan fingerprint density at radius 3 is 2.70 bits per heavy atom. The van der Waals surface area contributed by atoms with Crippen molar-refractivity contribution in [1.29, 1.82) is 0 Å². The number of pyridine rings is 1. The van der Waals surface area contributed by atoms with Crippen LogP contribution >= 0.6 is 11.3 Å². The SMILES string of the molecule is CCCc1nc2sc3c(NCCN(CC)CC)ncnc3c2c2c1CCC2. The Kier molecular flexibility index (Phi) is 5.55. The average molecular weight is 384 g/mol. The number of likely N-dealkylation sites (N-methyl/N-ethyl adjacent to an activating group) is 1. The van der Waals surface area contributed by atoms with Crippen LogP contribution in [0, 0.1) is 0 Å². The van der Waals surface area contributed by atoms with Crippen LogP contribution in [0.1, 0.15) is 50.4 Å². The number of rotatable bonds is 8. The summed E-state index contributed by atoms with van der Waals surface area (Å²) in [6, 6.07) is 0. The van der Waals surface area contributed by atoms with Crippen molar-refractivity contribution in [3.05, 3.63) is 23.1 Å². The van der Waals surface area contributed by atoms with Crippen LogP contribution in [0.15, 0.2) is 6.33 Å². The van der Waals surface area contributed by atoms with Crippen molar-refractivity contribution in [3.8, 4) is 0 Å². The predicted molar refractivity (Wildman–Crippen MR) is 115 cm³/mol. The maximum absolute atomic E-state index is 5.06. The van der Waals surface area contributed by atoms with Crippen molar-refractivity contribution in [1.82, 2.24) is 19.9 Å². The Hall–Kier alpha value is -1.79. The largest absolute Gasteiger partial charge is 0.367 e. The molecule has 4 rings (SSSR count). The van der Waals surface area contributed by atoms with Crippen LogP contribution in [0.25, 0.3) is 20.4 Å². The Balaban J connectivity index is 1.73. The van der Waals surface area contributed by atoms with Crippen LogP contribution < -0.4 is 5.32 Å². The van der Waals surface area contributed by atoms with E-state index in [2.05, 4.69) is 41.0 Å². The standard InChI is InChI=1S/C21H29N5S/c1-4-8-16-14-9-7-10-15(14)17-18-19(27-21(17)25-16)20(24-13-23-18)22-11-12-26(5-2)6-3/h13H,4-12H2,1-3H3,(H,22,23,24). The molecule has 5 nitrogen and oxygen atoms in total. The van der Waals surface area contributed by atoms with Gasteiger partial charge in [0.2, 0.25) is 0 Å². The fraction of sp³-hybridized carbons (Fsp3) is 0.571. The number of hydrogen-bond acceptors (Lipinski definition) is 6. The van der Waals surface area contributed by atoms with Crippen molar-refractivity contribution in [2.24, 2.45) is 0 Å². The van der Waals surface area contributed by atoms with E-state index in [0.717, 1.165) is 66.3 Å². The molecule has 6 heteroatoms. The molecule has 0 atom stereocenters. The summed E-state index contributed by atoms with van der Waals surface area (Å²) in [5.74, 6) is 0.957. The van der Waals surface area contributed by atoms with E-state index in [4.69, 9.17) is 4.98 Å². The number of thiophene rings is 1. The number of aromatic nitrogens is 3. The lowest BCUT2D eigenvalue weighted by molar-refractivity contribution is 0.316. The van der Waals surface area contributed by atoms with Crippen molar-refractivity contribution in [2.45, 2.75) is 52.9 Å². The summed E-state index contributed by atoms with van der Waals surface area (Å²) in [6.07, 6.45) is 7.50. The van der Waals surface area contributed by atoms with Gasteiger partial charge in [-0.2, -0.15) is 0 Å². The normalized spacial score (nSPS) is 13.8. The van der Waals surface area contributed by atoms with Gasteiger partial charge in [0, 0.05) is 24.2 Å². The second-order valence-electron chi connectivity index (χ2n) is 7.26. The molecule has 0 saturated carbocycles. The Morgan fingerprint density at radius 1 is 1.11 bits per heavy atom. The van der Waals surface area contributed by atoms with Crippen molar-refractivity contribution >= 4 is 37.6 Å². The highest BCUT2D eigenvalue weighted by molar-refractivity contribution is 7.26. The third kappa shape index (κ3) is 3.41. The number of anilines is 1. The maximum atomic E-state index is 5.06. The Bertz CT molecular complexity index is 945. The monoisotopic (exact) mass is 383 g/mol. The van der Waals surface area contributed by atoms with Crippen LogP contribution in [-0.4, -0.2) is 46.0 Å². The lowest BCUT2D eigenvalue weighted by Crippen LogP contribution is -2.28. The summed E-state index contributed by atoms with van der Waals surface area (Å²) in [6.45, 7) is 10.7. The molecule has 3 heterocycles. The molecule has 0 aliphatic heterocycles. The lowest BCUT2D eigenvalue weighted by atomic mass is 10.0. The van der Waals surface area contributed by atoms with Gasteiger partial charge in [-0.3, -0.25) is 0 Å². The van der Waals surface area contributed by atoms with E-state index in [1.165, 1.54) is 35.0 Å². The zero-order valence-corrected chi connectivity index (χ0v) is 17.5. The summed E-state index contributed by atoms with van der Waals surface area (Å²) in [4.78, 5) is 17.8. The number of aryl methyl sites for hydroxylation is 2. The molecule has 0 amide bonds. The van der Waals surface area contributed by atoms with Crippen LogP contribution in [0.3, 0.4) is 0 Å². The van der Waals surface area contributed by atoms with E-state index >= 15 is 0 Å². The topological polar surface area (TPSA) is 53.9 Å². The molecular weight excluding hydrogens is 354 g/mol. The quantitative estimate of drug-likeness (QED) is 0.623. The van der Waals surface area contributed by atoms with Crippen LogP contribution in [-0.2, 0) is 19.3 Å². The summed E-state index contributed by atoms with van der Waals surface area (Å²) in [5, 5.41) is 4.83. The van der Waals surface area contributed by atoms with Gasteiger partial charge in [0.1, 0.15) is 17.0 Å². The molecule has 0 spiro atoms. The molecular formula is C21H29N5S. The molecule has 0 fully saturated rings. The maximum Gasteiger partial charge on any atom is 0.147 e. The highest BCUT2D eigenvalue weighted by atomic mass is 32.1. The number of nitrogens with zero attached hydrogens (tertiary/aromatic N) is 4. The molecule has 0 radical (unpaired) electrons. The summed E-state index contributed by atoms with van der Waals surface area (Å²) < 4.78 is 1.15. The second kappa shape index (κ2) is 8.07. The first kappa shape index (κ1) is 18.6. The van der Waals surface area contributed by atoms with Gasteiger partial charge in [0.05, 0.1) is 10.2 Å². The number of nitrogens with one attached hydrogen (secondary N) is 1. The first-order chi connectivity index (χ1) is 13.3. The molecule has 0 aromatic carbocycles. The second-order valence-corrected chi connectivity index (χ2v) is 8.25. The molecule has 3 aromatic heterocycles. The lowest BCUT2D eigenvalue weighted by Gasteiger charge is -2.18. The van der Waals surface area contributed by atoms with E-state index in [9.17, 15) is 0 Å². The average Bonchev–Trinajstić information content (AvgIpc) is 3.30. The first-order valence-electron chi connectivity index (χ1n) is 10.3. The van der Waals surface area contributed by atoms with Crippen molar-refractivity contribution in [3.63, 3.8) is 0 Å². The molecule has 1 N–H and O–H groups in total. The minimum absolute atomic E-state index is 0.897. The minimum Gasteiger partial charge on any atom is -0.367 e. The van der Waals surface area contributed by atoms with E-state index < -0.39 is 0 Å². The van der Waals surface area contributed by atoms with E-state index in [1.54, 1.807) is 17.7 Å². The van der Waals surface area contributed by atoms with Gasteiger partial charge in [0.15, 0.2) is 0 Å². The van der Waals surface area contributed by atoms with Gasteiger partial charge in [-0.15, -0.1) is 11.3 Å². The fourth-order valence-electron chi connectivity index (χ4n) is 4.22. The number of fused-ring (bicyclic) bond motifs is 5. The van der Waals surface area contributed by atoms with Gasteiger partial charge in [0.25, 0.3) is 0 Å². The highest BCUT2D eigenvalue weighted by Crippen LogP contribution is 2.41. The van der Waals surface area contributed by atoms with Gasteiger partial charge >= 0.3 is 0 Å². The van der Waals surface area contributed by atoms with Gasteiger partial charge in [-0.25, -0.2) is 15.0 Å². The molecule has 0 saturated heterocycles. The third-order valence-electron chi connectivity index (χ3n) is 5.66. The highest BCUT2D eigenvalue weighted by Gasteiger charge is 2.23. The minimum atomic E-state index is 0.897. The zero-order chi connectivity index (χ0) is 18.8. The Morgan fingerprint density at radius 2 is 1.93 bits per heavy atom. The molecule has 0 bridgehead atoms.